The molecular formula is C18H23F3N4O3. The number of piperidine rings is 1. The predicted molar refractivity (Wildman–Crippen MR) is 96.5 cm³/mol. The van der Waals surface area contributed by atoms with Crippen LogP contribution in [0.1, 0.15) is 18.4 Å². The molecule has 154 valence electrons. The summed E-state index contributed by atoms with van der Waals surface area (Å²) in [6, 6.07) is 3.78. The van der Waals surface area contributed by atoms with Crippen molar-refractivity contribution in [3.8, 4) is 0 Å². The van der Waals surface area contributed by atoms with Gasteiger partial charge in [0.2, 0.25) is 0 Å². The highest BCUT2D eigenvalue weighted by molar-refractivity contribution is 6.39. The van der Waals surface area contributed by atoms with E-state index in [4.69, 9.17) is 0 Å². The van der Waals surface area contributed by atoms with Gasteiger partial charge in [-0.2, -0.15) is 13.2 Å². The van der Waals surface area contributed by atoms with Crippen molar-refractivity contribution >= 4 is 23.5 Å². The van der Waals surface area contributed by atoms with Crippen LogP contribution in [0, 0.1) is 5.92 Å². The molecule has 1 aromatic rings. The van der Waals surface area contributed by atoms with Crippen LogP contribution in [0.2, 0.25) is 0 Å². The first-order valence-corrected chi connectivity index (χ1v) is 8.80. The first kappa shape index (κ1) is 21.5. The van der Waals surface area contributed by atoms with E-state index < -0.39 is 23.6 Å². The van der Waals surface area contributed by atoms with Gasteiger partial charge in [0.25, 0.3) is 0 Å². The lowest BCUT2D eigenvalue weighted by molar-refractivity contribution is -0.137. The van der Waals surface area contributed by atoms with Crippen molar-refractivity contribution in [3.63, 3.8) is 0 Å². The molecule has 0 unspecified atom stereocenters. The Hall–Kier alpha value is -2.78. The fraction of sp³-hybridized carbons (Fsp3) is 0.500. The summed E-state index contributed by atoms with van der Waals surface area (Å²) in [4.78, 5) is 38.9. The summed E-state index contributed by atoms with van der Waals surface area (Å²) in [6.07, 6.45) is -3.05. The third kappa shape index (κ3) is 5.86. The van der Waals surface area contributed by atoms with Crippen molar-refractivity contribution in [3.05, 3.63) is 29.8 Å². The second-order valence-corrected chi connectivity index (χ2v) is 6.85. The molecule has 1 heterocycles. The zero-order chi connectivity index (χ0) is 20.9. The zero-order valence-corrected chi connectivity index (χ0v) is 15.7. The first-order valence-electron chi connectivity index (χ1n) is 8.80. The van der Waals surface area contributed by atoms with Gasteiger partial charge in [-0.25, -0.2) is 4.79 Å². The maximum Gasteiger partial charge on any atom is 0.416 e. The Morgan fingerprint density at radius 2 is 1.64 bits per heavy atom. The number of nitrogens with zero attached hydrogens (tertiary/aromatic N) is 2. The lowest BCUT2D eigenvalue weighted by Gasteiger charge is -2.33. The van der Waals surface area contributed by atoms with E-state index in [1.807, 2.05) is 0 Å². The van der Waals surface area contributed by atoms with Crippen LogP contribution in [-0.2, 0) is 15.8 Å². The quantitative estimate of drug-likeness (QED) is 0.763. The number of benzene rings is 1. The maximum atomic E-state index is 12.5. The Kier molecular flexibility index (Phi) is 6.87. The van der Waals surface area contributed by atoms with Gasteiger partial charge in [-0.15, -0.1) is 0 Å². The number of nitrogens with one attached hydrogen (secondary N) is 2. The number of hydrogen-bond donors (Lipinski definition) is 2. The fourth-order valence-corrected chi connectivity index (χ4v) is 2.86. The number of likely N-dealkylation sites (tertiary alicyclic amines) is 1. The van der Waals surface area contributed by atoms with Crippen molar-refractivity contribution in [2.24, 2.45) is 5.92 Å². The van der Waals surface area contributed by atoms with E-state index in [0.717, 1.165) is 24.3 Å². The molecule has 0 atom stereocenters. The van der Waals surface area contributed by atoms with E-state index in [1.165, 1.54) is 4.90 Å². The standard InChI is InChI=1S/C18H23F3N4O3/c1-24(2)17(28)25-9-7-12(8-10-25)11-22-15(26)16(27)23-14-5-3-13(4-6-14)18(19,20)21/h3-6,12H,7-11H2,1-2H3,(H,22,26)(H,23,27). The Labute approximate surface area is 160 Å². The number of amides is 4. The van der Waals surface area contributed by atoms with Crippen LogP contribution in [0.3, 0.4) is 0 Å². The molecule has 7 nitrogen and oxygen atoms in total. The van der Waals surface area contributed by atoms with Crippen molar-refractivity contribution in [2.75, 3.05) is 39.0 Å². The molecule has 1 aliphatic heterocycles. The fourth-order valence-electron chi connectivity index (χ4n) is 2.86. The number of carbonyl (C=O) groups is 3. The van der Waals surface area contributed by atoms with Crippen LogP contribution in [0.15, 0.2) is 24.3 Å². The van der Waals surface area contributed by atoms with E-state index >= 15 is 0 Å². The largest absolute Gasteiger partial charge is 0.416 e. The summed E-state index contributed by atoms with van der Waals surface area (Å²) in [5.74, 6) is -1.65. The van der Waals surface area contributed by atoms with Gasteiger partial charge in [0.05, 0.1) is 5.56 Å². The number of carbonyl (C=O) groups excluding carboxylic acids is 3. The minimum Gasteiger partial charge on any atom is -0.348 e. The molecule has 28 heavy (non-hydrogen) atoms. The first-order chi connectivity index (χ1) is 13.1. The zero-order valence-electron chi connectivity index (χ0n) is 15.7. The molecule has 1 saturated heterocycles. The number of rotatable bonds is 3. The van der Waals surface area contributed by atoms with Crippen molar-refractivity contribution in [1.82, 2.24) is 15.1 Å². The van der Waals surface area contributed by atoms with Gasteiger partial charge < -0.3 is 20.4 Å². The van der Waals surface area contributed by atoms with Gasteiger partial charge in [-0.05, 0) is 43.0 Å². The maximum absolute atomic E-state index is 12.5. The number of alkyl halides is 3. The second-order valence-electron chi connectivity index (χ2n) is 6.85. The average Bonchev–Trinajstić information content (AvgIpc) is 2.65. The van der Waals surface area contributed by atoms with Crippen LogP contribution >= 0.6 is 0 Å². The van der Waals surface area contributed by atoms with Gasteiger partial charge in [0, 0.05) is 39.4 Å². The number of anilines is 1. The van der Waals surface area contributed by atoms with Gasteiger partial charge >= 0.3 is 24.0 Å². The monoisotopic (exact) mass is 400 g/mol. The van der Waals surface area contributed by atoms with Crippen molar-refractivity contribution in [1.29, 1.82) is 0 Å². The highest BCUT2D eigenvalue weighted by Gasteiger charge is 2.30. The molecule has 2 N–H and O–H groups in total. The SMILES string of the molecule is CN(C)C(=O)N1CCC(CNC(=O)C(=O)Nc2ccc(C(F)(F)F)cc2)CC1. The molecule has 0 saturated carbocycles. The summed E-state index contributed by atoms with van der Waals surface area (Å²) < 4.78 is 37.6. The van der Waals surface area contributed by atoms with E-state index in [0.29, 0.717) is 32.5 Å². The summed E-state index contributed by atoms with van der Waals surface area (Å²) in [6.45, 7) is 1.45. The van der Waals surface area contributed by atoms with Gasteiger partial charge in [-0.1, -0.05) is 0 Å². The summed E-state index contributed by atoms with van der Waals surface area (Å²) >= 11 is 0. The second kappa shape index (κ2) is 8.94. The molecule has 0 radical (unpaired) electrons. The molecule has 4 amide bonds. The van der Waals surface area contributed by atoms with Crippen molar-refractivity contribution in [2.45, 2.75) is 19.0 Å². The van der Waals surface area contributed by atoms with Gasteiger partial charge in [0.1, 0.15) is 0 Å². The highest BCUT2D eigenvalue weighted by Crippen LogP contribution is 2.29. The van der Waals surface area contributed by atoms with E-state index in [-0.39, 0.29) is 17.6 Å². The van der Waals surface area contributed by atoms with E-state index in [2.05, 4.69) is 10.6 Å². The van der Waals surface area contributed by atoms with E-state index in [1.54, 1.807) is 19.0 Å². The van der Waals surface area contributed by atoms with Crippen LogP contribution < -0.4 is 10.6 Å². The predicted octanol–water partition coefficient (Wildman–Crippen LogP) is 2.15. The third-order valence-electron chi connectivity index (χ3n) is 4.50. The molecule has 1 aliphatic rings. The Bertz CT molecular complexity index is 712. The Morgan fingerprint density at radius 3 is 2.14 bits per heavy atom. The van der Waals surface area contributed by atoms with Crippen LogP contribution in [-0.4, -0.2) is 61.4 Å². The third-order valence-corrected chi connectivity index (χ3v) is 4.50. The number of urea groups is 1. The molecule has 2 rings (SSSR count). The molecule has 0 spiro atoms. The highest BCUT2D eigenvalue weighted by atomic mass is 19.4. The molecule has 10 heteroatoms. The topological polar surface area (TPSA) is 81.8 Å². The van der Waals surface area contributed by atoms with E-state index in [9.17, 15) is 27.6 Å². The lowest BCUT2D eigenvalue weighted by Crippen LogP contribution is -2.46. The van der Waals surface area contributed by atoms with Crippen LogP contribution in [0.25, 0.3) is 0 Å². The van der Waals surface area contributed by atoms with Gasteiger partial charge in [-0.3, -0.25) is 9.59 Å². The summed E-state index contributed by atoms with van der Waals surface area (Å²) in [5, 5.41) is 4.80. The summed E-state index contributed by atoms with van der Waals surface area (Å²) in [7, 11) is 3.37. The van der Waals surface area contributed by atoms with Gasteiger partial charge in [0.15, 0.2) is 0 Å². The smallest absolute Gasteiger partial charge is 0.348 e. The number of halogens is 3. The minimum absolute atomic E-state index is 0.0570. The summed E-state index contributed by atoms with van der Waals surface area (Å²) in [5.41, 5.74) is -0.738. The lowest BCUT2D eigenvalue weighted by atomic mass is 9.97. The van der Waals surface area contributed by atoms with Crippen LogP contribution in [0.5, 0.6) is 0 Å². The molecule has 0 bridgehead atoms. The average molecular weight is 400 g/mol. The Morgan fingerprint density at radius 1 is 1.07 bits per heavy atom. The van der Waals surface area contributed by atoms with Crippen molar-refractivity contribution < 1.29 is 27.6 Å². The number of hydrogen-bond acceptors (Lipinski definition) is 3. The Balaban J connectivity index is 1.76. The molecular weight excluding hydrogens is 377 g/mol. The molecule has 0 aromatic heterocycles. The molecule has 1 fully saturated rings. The molecule has 1 aromatic carbocycles. The minimum atomic E-state index is -4.47. The normalized spacial score (nSPS) is 15.1. The van der Waals surface area contributed by atoms with Crippen LogP contribution in [0.4, 0.5) is 23.7 Å². The molecule has 0 aliphatic carbocycles.